The number of imide groups is 1. The molecule has 1 unspecified atom stereocenters. The molecule has 0 radical (unpaired) electrons. The third-order valence-corrected chi connectivity index (χ3v) is 5.96. The Morgan fingerprint density at radius 2 is 1.60 bits per heavy atom. The first kappa shape index (κ1) is 19.9. The van der Waals surface area contributed by atoms with Gasteiger partial charge in [-0.05, 0) is 23.1 Å². The number of carbonyl (C=O) groups excluding carboxylic acids is 3. The fourth-order valence-corrected chi connectivity index (χ4v) is 4.46. The third-order valence-electron chi connectivity index (χ3n) is 5.14. The molecule has 152 valence electrons. The van der Waals surface area contributed by atoms with Gasteiger partial charge < -0.3 is 10.0 Å². The smallest absolute Gasteiger partial charge is 0.327 e. The zero-order valence-electron chi connectivity index (χ0n) is 15.8. The SMILES string of the molecule is O=C(O)[C@@H]1CSC=CN1C(=O)C(Cc1ccccc1)N1C(=O)c2ccccc2C1=O. The number of hydrogen-bond donors (Lipinski definition) is 1. The van der Waals surface area contributed by atoms with Crippen LogP contribution in [-0.4, -0.2) is 56.4 Å². The van der Waals surface area contributed by atoms with Gasteiger partial charge in [0.15, 0.2) is 0 Å². The predicted octanol–water partition coefficient (Wildman–Crippen LogP) is 2.39. The van der Waals surface area contributed by atoms with Gasteiger partial charge in [-0.1, -0.05) is 42.5 Å². The molecule has 1 N–H and O–H groups in total. The van der Waals surface area contributed by atoms with Gasteiger partial charge in [-0.25, -0.2) is 4.79 Å². The van der Waals surface area contributed by atoms with E-state index >= 15 is 0 Å². The van der Waals surface area contributed by atoms with Crippen LogP contribution in [0.4, 0.5) is 0 Å². The van der Waals surface area contributed by atoms with Gasteiger partial charge in [-0.3, -0.25) is 19.3 Å². The van der Waals surface area contributed by atoms with Gasteiger partial charge in [0.25, 0.3) is 17.7 Å². The molecule has 0 saturated heterocycles. The number of benzene rings is 2. The van der Waals surface area contributed by atoms with Crippen LogP contribution in [0.25, 0.3) is 0 Å². The summed E-state index contributed by atoms with van der Waals surface area (Å²) in [5.41, 5.74) is 1.25. The van der Waals surface area contributed by atoms with Gasteiger partial charge in [0.2, 0.25) is 0 Å². The maximum absolute atomic E-state index is 13.5. The van der Waals surface area contributed by atoms with Crippen molar-refractivity contribution in [3.63, 3.8) is 0 Å². The van der Waals surface area contributed by atoms with E-state index in [1.165, 1.54) is 18.0 Å². The fraction of sp³-hybridized carbons (Fsp3) is 0.182. The Balaban J connectivity index is 1.74. The average molecular weight is 422 g/mol. The summed E-state index contributed by atoms with van der Waals surface area (Å²) in [4.78, 5) is 53.4. The van der Waals surface area contributed by atoms with Gasteiger partial charge in [-0.15, -0.1) is 11.8 Å². The number of thioether (sulfide) groups is 1. The van der Waals surface area contributed by atoms with E-state index in [4.69, 9.17) is 0 Å². The van der Waals surface area contributed by atoms with Crippen LogP contribution in [0.3, 0.4) is 0 Å². The largest absolute Gasteiger partial charge is 0.480 e. The molecule has 2 aliphatic rings. The minimum absolute atomic E-state index is 0.0922. The monoisotopic (exact) mass is 422 g/mol. The van der Waals surface area contributed by atoms with E-state index in [1.807, 2.05) is 6.07 Å². The molecule has 30 heavy (non-hydrogen) atoms. The lowest BCUT2D eigenvalue weighted by atomic mass is 10.0. The molecule has 4 rings (SSSR count). The molecule has 0 aromatic heterocycles. The van der Waals surface area contributed by atoms with E-state index < -0.39 is 35.8 Å². The fourth-order valence-electron chi connectivity index (χ4n) is 3.65. The molecule has 3 amide bonds. The van der Waals surface area contributed by atoms with Crippen molar-refractivity contribution in [3.8, 4) is 0 Å². The van der Waals surface area contributed by atoms with Crippen LogP contribution in [0.2, 0.25) is 0 Å². The molecular formula is C22H18N2O5S. The summed E-state index contributed by atoms with van der Waals surface area (Å²) in [6.45, 7) is 0. The Hall–Kier alpha value is -3.39. The van der Waals surface area contributed by atoms with Gasteiger partial charge >= 0.3 is 5.97 Å². The molecule has 2 aromatic rings. The molecule has 0 bridgehead atoms. The van der Waals surface area contributed by atoms with Crippen LogP contribution in [-0.2, 0) is 16.0 Å². The van der Waals surface area contributed by atoms with Gasteiger partial charge in [0.05, 0.1) is 11.1 Å². The quantitative estimate of drug-likeness (QED) is 0.744. The summed E-state index contributed by atoms with van der Waals surface area (Å²) in [5, 5.41) is 11.2. The number of amides is 3. The zero-order chi connectivity index (χ0) is 21.3. The minimum atomic E-state index is -1.16. The molecule has 7 nitrogen and oxygen atoms in total. The van der Waals surface area contributed by atoms with E-state index in [1.54, 1.807) is 53.9 Å². The van der Waals surface area contributed by atoms with E-state index in [0.717, 1.165) is 15.4 Å². The highest BCUT2D eigenvalue weighted by molar-refractivity contribution is 8.02. The molecule has 2 heterocycles. The lowest BCUT2D eigenvalue weighted by molar-refractivity contribution is -0.148. The second-order valence-electron chi connectivity index (χ2n) is 6.95. The van der Waals surface area contributed by atoms with Crippen molar-refractivity contribution in [2.24, 2.45) is 0 Å². The van der Waals surface area contributed by atoms with Crippen molar-refractivity contribution < 1.29 is 24.3 Å². The molecule has 0 saturated carbocycles. The number of carboxylic acid groups (broad SMARTS) is 1. The highest BCUT2D eigenvalue weighted by Gasteiger charge is 2.45. The van der Waals surface area contributed by atoms with Gasteiger partial charge in [-0.2, -0.15) is 0 Å². The maximum atomic E-state index is 13.5. The third kappa shape index (κ3) is 3.50. The van der Waals surface area contributed by atoms with Crippen molar-refractivity contribution >= 4 is 35.5 Å². The zero-order valence-corrected chi connectivity index (χ0v) is 16.6. The molecular weight excluding hydrogens is 404 g/mol. The van der Waals surface area contributed by atoms with E-state index in [9.17, 15) is 24.3 Å². The topological polar surface area (TPSA) is 95.0 Å². The van der Waals surface area contributed by atoms with Crippen LogP contribution in [0.15, 0.2) is 66.2 Å². The molecule has 0 fully saturated rings. The number of aliphatic carboxylic acids is 1. The minimum Gasteiger partial charge on any atom is -0.480 e. The second kappa shape index (κ2) is 8.16. The van der Waals surface area contributed by atoms with Gasteiger partial charge in [0, 0.05) is 18.4 Å². The average Bonchev–Trinajstić information content (AvgIpc) is 3.03. The van der Waals surface area contributed by atoms with Crippen LogP contribution < -0.4 is 0 Å². The van der Waals surface area contributed by atoms with Crippen molar-refractivity contribution in [3.05, 3.63) is 82.9 Å². The van der Waals surface area contributed by atoms with Gasteiger partial charge in [0.1, 0.15) is 12.1 Å². The molecule has 2 aromatic carbocycles. The van der Waals surface area contributed by atoms with Crippen LogP contribution >= 0.6 is 11.8 Å². The summed E-state index contributed by atoms with van der Waals surface area (Å²) >= 11 is 1.29. The van der Waals surface area contributed by atoms with Crippen LogP contribution in [0.1, 0.15) is 26.3 Å². The standard InChI is InChI=1S/C22H18N2O5S/c25-19-15-8-4-5-9-16(15)20(26)24(19)17(12-14-6-2-1-3-7-14)21(27)23-10-11-30-13-18(23)22(28)29/h1-11,17-18H,12-13H2,(H,28,29)/t17?,18-/m0/s1. The van der Waals surface area contributed by atoms with Crippen molar-refractivity contribution in [1.29, 1.82) is 0 Å². The Morgan fingerprint density at radius 3 is 2.20 bits per heavy atom. The first-order valence-electron chi connectivity index (χ1n) is 9.33. The molecule has 2 atom stereocenters. The van der Waals surface area contributed by atoms with Crippen molar-refractivity contribution in [2.45, 2.75) is 18.5 Å². The highest BCUT2D eigenvalue weighted by atomic mass is 32.2. The van der Waals surface area contributed by atoms with Crippen molar-refractivity contribution in [1.82, 2.24) is 9.80 Å². The summed E-state index contributed by atoms with van der Waals surface area (Å²) < 4.78 is 0. The van der Waals surface area contributed by atoms with Crippen LogP contribution in [0, 0.1) is 0 Å². The molecule has 0 aliphatic carbocycles. The van der Waals surface area contributed by atoms with E-state index in [-0.39, 0.29) is 23.3 Å². The molecule has 0 spiro atoms. The Morgan fingerprint density at radius 1 is 1.00 bits per heavy atom. The number of rotatable bonds is 5. The summed E-state index contributed by atoms with van der Waals surface area (Å²) in [6, 6.07) is 13.2. The first-order valence-corrected chi connectivity index (χ1v) is 10.4. The lowest BCUT2D eigenvalue weighted by Crippen LogP contribution is -2.55. The normalized spacial score (nSPS) is 19.0. The summed E-state index contributed by atoms with van der Waals surface area (Å²) in [6.07, 6.45) is 1.50. The summed E-state index contributed by atoms with van der Waals surface area (Å²) in [7, 11) is 0. The molecule has 8 heteroatoms. The summed E-state index contributed by atoms with van der Waals surface area (Å²) in [5.74, 6) is -2.64. The number of hydrogen-bond acceptors (Lipinski definition) is 5. The number of carboxylic acids is 1. The van der Waals surface area contributed by atoms with Crippen LogP contribution in [0.5, 0.6) is 0 Å². The maximum Gasteiger partial charge on any atom is 0.327 e. The second-order valence-corrected chi connectivity index (χ2v) is 7.89. The Kier molecular flexibility index (Phi) is 5.41. The predicted molar refractivity (Wildman–Crippen MR) is 111 cm³/mol. The number of carbonyl (C=O) groups is 4. The van der Waals surface area contributed by atoms with E-state index in [2.05, 4.69) is 0 Å². The first-order chi connectivity index (χ1) is 14.5. The van der Waals surface area contributed by atoms with E-state index in [0.29, 0.717) is 0 Å². The number of fused-ring (bicyclic) bond motifs is 1. The van der Waals surface area contributed by atoms with Crippen molar-refractivity contribution in [2.75, 3.05) is 5.75 Å². The Labute approximate surface area is 177 Å². The number of nitrogens with zero attached hydrogens (tertiary/aromatic N) is 2. The Bertz CT molecular complexity index is 1020. The molecule has 2 aliphatic heterocycles. The highest BCUT2D eigenvalue weighted by Crippen LogP contribution is 2.28. The lowest BCUT2D eigenvalue weighted by Gasteiger charge is -2.34.